The lowest BCUT2D eigenvalue weighted by Gasteiger charge is -2.07. The number of methoxy groups -OCH3 is 1. The van der Waals surface area contributed by atoms with Gasteiger partial charge in [0.05, 0.1) is 5.69 Å². The molecule has 0 saturated heterocycles. The minimum absolute atomic E-state index is 0.0139. The second-order valence-corrected chi connectivity index (χ2v) is 3.25. The minimum Gasteiger partial charge on any atom is -0.372 e. The van der Waals surface area contributed by atoms with Gasteiger partial charge in [-0.05, 0) is 30.4 Å². The molecule has 1 heterocycles. The average Bonchev–Trinajstić information content (AvgIpc) is 2.58. The lowest BCUT2D eigenvalue weighted by molar-refractivity contribution is 0.0760. The van der Waals surface area contributed by atoms with Crippen molar-refractivity contribution in [2.75, 3.05) is 7.11 Å². The van der Waals surface area contributed by atoms with Crippen molar-refractivity contribution in [2.24, 2.45) is 0 Å². The molecule has 2 rings (SSSR count). The summed E-state index contributed by atoms with van der Waals surface area (Å²) in [5.74, 6) is 0. The van der Waals surface area contributed by atoms with Crippen LogP contribution in [0, 0.1) is 0 Å². The second-order valence-electron chi connectivity index (χ2n) is 2.58. The van der Waals surface area contributed by atoms with E-state index in [0.29, 0.717) is 0 Å². The molecule has 1 saturated carbocycles. The van der Waals surface area contributed by atoms with Crippen molar-refractivity contribution >= 4 is 11.5 Å². The normalized spacial score (nSPS) is 20.9. The average molecular weight is 155 g/mol. The van der Waals surface area contributed by atoms with Crippen LogP contribution in [-0.4, -0.2) is 11.5 Å². The Balaban J connectivity index is 2.27. The molecule has 2 nitrogen and oxygen atoms in total. The van der Waals surface area contributed by atoms with Crippen molar-refractivity contribution in [3.63, 3.8) is 0 Å². The van der Waals surface area contributed by atoms with Crippen LogP contribution in [-0.2, 0) is 10.3 Å². The fourth-order valence-electron chi connectivity index (χ4n) is 1.13. The molecular weight excluding hydrogens is 146 g/mol. The molecule has 0 unspecified atom stereocenters. The van der Waals surface area contributed by atoms with Gasteiger partial charge in [-0.25, -0.2) is 0 Å². The van der Waals surface area contributed by atoms with Gasteiger partial charge in [0.2, 0.25) is 0 Å². The van der Waals surface area contributed by atoms with E-state index in [1.165, 1.54) is 11.5 Å². The highest BCUT2D eigenvalue weighted by Crippen LogP contribution is 2.47. The first-order valence-electron chi connectivity index (χ1n) is 3.33. The molecule has 0 bridgehead atoms. The smallest absolute Gasteiger partial charge is 0.111 e. The maximum Gasteiger partial charge on any atom is 0.111 e. The summed E-state index contributed by atoms with van der Waals surface area (Å²) in [4.78, 5) is 0. The first-order valence-corrected chi connectivity index (χ1v) is 4.17. The van der Waals surface area contributed by atoms with Crippen LogP contribution < -0.4 is 0 Å². The van der Waals surface area contributed by atoms with Crippen LogP contribution in [0.4, 0.5) is 0 Å². The third-order valence-electron chi connectivity index (χ3n) is 2.00. The number of nitrogens with zero attached hydrogens (tertiary/aromatic N) is 1. The molecule has 1 aliphatic carbocycles. The van der Waals surface area contributed by atoms with Crippen LogP contribution in [0.5, 0.6) is 0 Å². The Kier molecular flexibility index (Phi) is 1.28. The molecular formula is C7H9NOS. The van der Waals surface area contributed by atoms with Gasteiger partial charge in [0.15, 0.2) is 0 Å². The van der Waals surface area contributed by atoms with E-state index in [-0.39, 0.29) is 5.60 Å². The summed E-state index contributed by atoms with van der Waals surface area (Å²) in [5, 5.41) is 1.99. The molecule has 0 N–H and O–H groups in total. The fourth-order valence-corrected chi connectivity index (χ4v) is 1.72. The summed E-state index contributed by atoms with van der Waals surface area (Å²) in [7, 11) is 1.76. The predicted octanol–water partition coefficient (Wildman–Crippen LogP) is 1.78. The third kappa shape index (κ3) is 0.777. The lowest BCUT2D eigenvalue weighted by atomic mass is 10.2. The first-order chi connectivity index (χ1) is 4.87. The lowest BCUT2D eigenvalue weighted by Crippen LogP contribution is -2.08. The van der Waals surface area contributed by atoms with E-state index in [2.05, 4.69) is 4.37 Å². The molecule has 0 amide bonds. The van der Waals surface area contributed by atoms with Crippen molar-refractivity contribution in [1.29, 1.82) is 0 Å². The maximum atomic E-state index is 5.34. The predicted molar refractivity (Wildman–Crippen MR) is 40.0 cm³/mol. The molecule has 10 heavy (non-hydrogen) atoms. The molecule has 3 heteroatoms. The number of hydrogen-bond donors (Lipinski definition) is 0. The van der Waals surface area contributed by atoms with Crippen LogP contribution >= 0.6 is 11.5 Å². The van der Waals surface area contributed by atoms with Crippen LogP contribution in [0.1, 0.15) is 18.5 Å². The van der Waals surface area contributed by atoms with Crippen LogP contribution in [0.25, 0.3) is 0 Å². The van der Waals surface area contributed by atoms with E-state index in [1.807, 2.05) is 11.4 Å². The molecule has 0 aromatic carbocycles. The Bertz CT molecular complexity index is 216. The van der Waals surface area contributed by atoms with Gasteiger partial charge in [-0.15, -0.1) is 0 Å². The summed E-state index contributed by atoms with van der Waals surface area (Å²) >= 11 is 1.49. The summed E-state index contributed by atoms with van der Waals surface area (Å²) < 4.78 is 9.58. The van der Waals surface area contributed by atoms with E-state index >= 15 is 0 Å². The summed E-state index contributed by atoms with van der Waals surface area (Å²) in [6.45, 7) is 0. The van der Waals surface area contributed by atoms with Gasteiger partial charge in [0.25, 0.3) is 0 Å². The molecule has 0 spiro atoms. The quantitative estimate of drug-likeness (QED) is 0.649. The third-order valence-corrected chi connectivity index (χ3v) is 2.56. The molecule has 1 aromatic heterocycles. The second kappa shape index (κ2) is 2.04. The minimum atomic E-state index is 0.0139. The van der Waals surface area contributed by atoms with Gasteiger partial charge in [0, 0.05) is 12.5 Å². The molecule has 1 fully saturated rings. The van der Waals surface area contributed by atoms with Crippen LogP contribution in [0.2, 0.25) is 0 Å². The van der Waals surface area contributed by atoms with E-state index < -0.39 is 0 Å². The number of aromatic nitrogens is 1. The van der Waals surface area contributed by atoms with Gasteiger partial charge in [-0.3, -0.25) is 0 Å². The molecule has 0 atom stereocenters. The zero-order valence-electron chi connectivity index (χ0n) is 5.83. The van der Waals surface area contributed by atoms with Gasteiger partial charge in [-0.2, -0.15) is 4.37 Å². The zero-order valence-corrected chi connectivity index (χ0v) is 6.65. The Morgan fingerprint density at radius 1 is 1.70 bits per heavy atom. The Morgan fingerprint density at radius 3 is 2.90 bits per heavy atom. The fraction of sp³-hybridized carbons (Fsp3) is 0.571. The largest absolute Gasteiger partial charge is 0.372 e. The summed E-state index contributed by atoms with van der Waals surface area (Å²) in [5.41, 5.74) is 1.12. The first kappa shape index (κ1) is 6.31. The van der Waals surface area contributed by atoms with E-state index in [4.69, 9.17) is 4.74 Å². The Labute approximate surface area is 64.0 Å². The van der Waals surface area contributed by atoms with E-state index in [9.17, 15) is 0 Å². The highest BCUT2D eigenvalue weighted by atomic mass is 32.1. The number of ether oxygens (including phenoxy) is 1. The van der Waals surface area contributed by atoms with Gasteiger partial charge in [-0.1, -0.05) is 0 Å². The maximum absolute atomic E-state index is 5.34. The van der Waals surface area contributed by atoms with Crippen molar-refractivity contribution in [3.8, 4) is 0 Å². The monoisotopic (exact) mass is 155 g/mol. The number of rotatable bonds is 2. The topological polar surface area (TPSA) is 22.1 Å². The molecule has 0 aliphatic heterocycles. The van der Waals surface area contributed by atoms with Crippen molar-refractivity contribution in [2.45, 2.75) is 18.4 Å². The SMILES string of the molecule is COC1(c2ccsn2)CC1. The standard InChI is InChI=1S/C7H9NOS/c1-9-7(3-4-7)6-2-5-10-8-6/h2,5H,3-4H2,1H3. The van der Waals surface area contributed by atoms with Crippen molar-refractivity contribution in [3.05, 3.63) is 17.1 Å². The highest BCUT2D eigenvalue weighted by Gasteiger charge is 2.46. The molecule has 54 valence electrons. The van der Waals surface area contributed by atoms with Gasteiger partial charge in [0.1, 0.15) is 5.60 Å². The summed E-state index contributed by atoms with van der Waals surface area (Å²) in [6, 6.07) is 2.04. The van der Waals surface area contributed by atoms with Crippen molar-refractivity contribution in [1.82, 2.24) is 4.37 Å². The molecule has 1 aliphatic rings. The number of hydrogen-bond acceptors (Lipinski definition) is 3. The van der Waals surface area contributed by atoms with Gasteiger partial charge < -0.3 is 4.74 Å². The Hall–Kier alpha value is -0.410. The summed E-state index contributed by atoms with van der Waals surface area (Å²) in [6.07, 6.45) is 2.26. The van der Waals surface area contributed by atoms with E-state index in [1.54, 1.807) is 7.11 Å². The van der Waals surface area contributed by atoms with Crippen LogP contribution in [0.3, 0.4) is 0 Å². The van der Waals surface area contributed by atoms with Crippen LogP contribution in [0.15, 0.2) is 11.4 Å². The molecule has 1 aromatic rings. The Morgan fingerprint density at radius 2 is 2.50 bits per heavy atom. The van der Waals surface area contributed by atoms with Gasteiger partial charge >= 0.3 is 0 Å². The van der Waals surface area contributed by atoms with E-state index in [0.717, 1.165) is 18.5 Å². The van der Waals surface area contributed by atoms with Crippen molar-refractivity contribution < 1.29 is 4.74 Å². The highest BCUT2D eigenvalue weighted by molar-refractivity contribution is 7.03. The molecule has 0 radical (unpaired) electrons. The zero-order chi connectivity index (χ0) is 7.03.